The summed E-state index contributed by atoms with van der Waals surface area (Å²) in [6.07, 6.45) is 13.0. The van der Waals surface area contributed by atoms with Gasteiger partial charge in [-0.3, -0.25) is 0 Å². The van der Waals surface area contributed by atoms with Crippen LogP contribution in [0.15, 0.2) is 163 Å². The fourth-order valence-electron chi connectivity index (χ4n) is 8.75. The number of hydrogen-bond donors (Lipinski definition) is 0. The normalized spacial score (nSPS) is 13.3. The molecule has 11 rings (SSSR count). The molecule has 0 saturated heterocycles. The number of nitrogens with zero attached hydrogens (tertiary/aromatic N) is 4. The zero-order valence-electron chi connectivity index (χ0n) is 32.1. The fourth-order valence-corrected chi connectivity index (χ4v) is 10.1. The molecule has 4 heterocycles. The smallest absolute Gasteiger partial charge is 0.164 e. The molecule has 0 radical (unpaired) electrons. The molecule has 0 N–H and O–H groups in total. The van der Waals surface area contributed by atoms with Crippen molar-refractivity contribution < 1.29 is 4.42 Å². The van der Waals surface area contributed by atoms with Crippen molar-refractivity contribution in [3.05, 3.63) is 169 Å². The lowest BCUT2D eigenvalue weighted by molar-refractivity contribution is 0.669. The van der Waals surface area contributed by atoms with Crippen LogP contribution in [0, 0.1) is 0 Å². The average Bonchev–Trinajstić information content (AvgIpc) is 3.95. The number of benzene rings is 6. The number of para-hydroxylation sites is 1. The van der Waals surface area contributed by atoms with E-state index in [1.807, 2.05) is 66.8 Å². The van der Waals surface area contributed by atoms with E-state index in [4.69, 9.17) is 19.4 Å². The van der Waals surface area contributed by atoms with Crippen LogP contribution in [0.4, 0.5) is 0 Å². The van der Waals surface area contributed by atoms with Crippen molar-refractivity contribution in [1.82, 2.24) is 19.5 Å². The zero-order chi connectivity index (χ0) is 38.7. The average molecular weight is 767 g/mol. The van der Waals surface area contributed by atoms with Gasteiger partial charge in [0.1, 0.15) is 11.2 Å². The van der Waals surface area contributed by atoms with Gasteiger partial charge in [0, 0.05) is 53.5 Å². The highest BCUT2D eigenvalue weighted by molar-refractivity contribution is 7.19. The van der Waals surface area contributed by atoms with Gasteiger partial charge in [0.25, 0.3) is 0 Å². The third-order valence-electron chi connectivity index (χ3n) is 11.5. The maximum Gasteiger partial charge on any atom is 0.164 e. The lowest BCUT2D eigenvalue weighted by Gasteiger charge is -2.11. The van der Waals surface area contributed by atoms with Gasteiger partial charge in [-0.25, -0.2) is 15.0 Å². The Labute approximate surface area is 340 Å². The van der Waals surface area contributed by atoms with Gasteiger partial charge in [0.2, 0.25) is 0 Å². The van der Waals surface area contributed by atoms with Crippen LogP contribution in [-0.4, -0.2) is 19.5 Å². The van der Waals surface area contributed by atoms with E-state index in [0.717, 1.165) is 72.9 Å². The Morgan fingerprint density at radius 1 is 0.621 bits per heavy atom. The van der Waals surface area contributed by atoms with E-state index in [9.17, 15) is 0 Å². The van der Waals surface area contributed by atoms with Gasteiger partial charge in [-0.2, -0.15) is 0 Å². The molecule has 0 spiro atoms. The van der Waals surface area contributed by atoms with E-state index in [1.165, 1.54) is 50.6 Å². The topological polar surface area (TPSA) is 56.7 Å². The molecule has 0 atom stereocenters. The first kappa shape index (κ1) is 34.4. The molecule has 278 valence electrons. The molecular formula is C52H38N4OS. The predicted molar refractivity (Wildman–Crippen MR) is 243 cm³/mol. The molecule has 0 aliphatic heterocycles. The lowest BCUT2D eigenvalue weighted by Crippen LogP contribution is -2.00. The van der Waals surface area contributed by atoms with E-state index in [-0.39, 0.29) is 0 Å². The third kappa shape index (κ3) is 5.71. The first-order valence-electron chi connectivity index (χ1n) is 20.0. The minimum Gasteiger partial charge on any atom is -0.456 e. The van der Waals surface area contributed by atoms with Crippen molar-refractivity contribution >= 4 is 70.9 Å². The molecule has 0 amide bonds. The molecule has 6 heteroatoms. The maximum atomic E-state index is 6.53. The van der Waals surface area contributed by atoms with Crippen LogP contribution >= 0.6 is 11.3 Å². The Balaban J connectivity index is 1.07. The second-order valence-corrected chi connectivity index (χ2v) is 16.2. The molecule has 0 saturated carbocycles. The SMILES string of the molecule is C=C(/C=C\C=C/C)n1c2ccccc2c2ccc(-c3ccc4oc5cccc(-c6nc(-c7ccccc7)nc(-c7ccc8c9c(sc8c7)CCCC9)n6)c5c4c3)cc21. The second kappa shape index (κ2) is 13.9. The molecule has 58 heavy (non-hydrogen) atoms. The van der Waals surface area contributed by atoms with E-state index in [1.54, 1.807) is 0 Å². The fraction of sp³-hybridized carbons (Fsp3) is 0.0962. The van der Waals surface area contributed by atoms with Gasteiger partial charge >= 0.3 is 0 Å². The highest BCUT2D eigenvalue weighted by atomic mass is 32.1. The highest BCUT2D eigenvalue weighted by Crippen LogP contribution is 2.41. The van der Waals surface area contributed by atoms with Crippen molar-refractivity contribution in [2.45, 2.75) is 32.6 Å². The van der Waals surface area contributed by atoms with Crippen molar-refractivity contribution in [2.75, 3.05) is 0 Å². The zero-order valence-corrected chi connectivity index (χ0v) is 32.9. The Morgan fingerprint density at radius 2 is 1.36 bits per heavy atom. The Bertz CT molecular complexity index is 3320. The van der Waals surface area contributed by atoms with Gasteiger partial charge in [-0.15, -0.1) is 11.3 Å². The monoisotopic (exact) mass is 766 g/mol. The second-order valence-electron chi connectivity index (χ2n) is 15.0. The molecule has 1 aliphatic rings. The molecule has 5 nitrogen and oxygen atoms in total. The quantitative estimate of drug-likeness (QED) is 0.152. The Kier molecular flexibility index (Phi) is 8.26. The van der Waals surface area contributed by atoms with Crippen LogP contribution in [-0.2, 0) is 12.8 Å². The van der Waals surface area contributed by atoms with Gasteiger partial charge in [0.05, 0.1) is 11.0 Å². The van der Waals surface area contributed by atoms with Crippen LogP contribution < -0.4 is 0 Å². The summed E-state index contributed by atoms with van der Waals surface area (Å²) in [5.41, 5.74) is 11.3. The number of rotatable bonds is 7. The van der Waals surface area contributed by atoms with Gasteiger partial charge in [0.15, 0.2) is 17.5 Å². The van der Waals surface area contributed by atoms with Crippen molar-refractivity contribution in [3.8, 4) is 45.3 Å². The summed E-state index contributed by atoms with van der Waals surface area (Å²) in [5, 5.41) is 5.75. The summed E-state index contributed by atoms with van der Waals surface area (Å²) in [5.74, 6) is 1.92. The molecule has 0 unspecified atom stereocenters. The highest BCUT2D eigenvalue weighted by Gasteiger charge is 2.21. The molecule has 1 aliphatic carbocycles. The van der Waals surface area contributed by atoms with Crippen molar-refractivity contribution in [1.29, 1.82) is 0 Å². The number of hydrogen-bond acceptors (Lipinski definition) is 5. The lowest BCUT2D eigenvalue weighted by atomic mass is 9.96. The molecular weight excluding hydrogens is 729 g/mol. The molecule has 6 aromatic carbocycles. The van der Waals surface area contributed by atoms with E-state index >= 15 is 0 Å². The minimum atomic E-state index is 0.614. The number of allylic oxidation sites excluding steroid dienone is 5. The predicted octanol–water partition coefficient (Wildman–Crippen LogP) is 14.2. The first-order valence-corrected chi connectivity index (χ1v) is 20.8. The van der Waals surface area contributed by atoms with Crippen LogP contribution in [0.25, 0.3) is 105 Å². The largest absolute Gasteiger partial charge is 0.456 e. The summed E-state index contributed by atoms with van der Waals surface area (Å²) in [4.78, 5) is 17.0. The number of aryl methyl sites for hydroxylation is 2. The first-order chi connectivity index (χ1) is 28.6. The Morgan fingerprint density at radius 3 is 2.26 bits per heavy atom. The summed E-state index contributed by atoms with van der Waals surface area (Å²) in [6, 6.07) is 44.8. The summed E-state index contributed by atoms with van der Waals surface area (Å²) < 4.78 is 10.1. The van der Waals surface area contributed by atoms with Crippen molar-refractivity contribution in [3.63, 3.8) is 0 Å². The third-order valence-corrected chi connectivity index (χ3v) is 12.8. The van der Waals surface area contributed by atoms with Crippen LogP contribution in [0.2, 0.25) is 0 Å². The van der Waals surface area contributed by atoms with Crippen LogP contribution in [0.5, 0.6) is 0 Å². The van der Waals surface area contributed by atoms with Crippen LogP contribution in [0.1, 0.15) is 30.2 Å². The summed E-state index contributed by atoms with van der Waals surface area (Å²) in [6.45, 7) is 6.49. The molecule has 0 fully saturated rings. The molecule has 0 bridgehead atoms. The summed E-state index contributed by atoms with van der Waals surface area (Å²) >= 11 is 1.93. The van der Waals surface area contributed by atoms with Gasteiger partial charge in [-0.05, 0) is 97.2 Å². The number of thiophene rings is 1. The van der Waals surface area contributed by atoms with E-state index in [2.05, 4.69) is 114 Å². The summed E-state index contributed by atoms with van der Waals surface area (Å²) in [7, 11) is 0. The van der Waals surface area contributed by atoms with Gasteiger partial charge < -0.3 is 8.98 Å². The minimum absolute atomic E-state index is 0.614. The van der Waals surface area contributed by atoms with Crippen molar-refractivity contribution in [2.24, 2.45) is 0 Å². The number of furan rings is 1. The van der Waals surface area contributed by atoms with Gasteiger partial charge in [-0.1, -0.05) is 116 Å². The number of fused-ring (bicyclic) bond motifs is 9. The van der Waals surface area contributed by atoms with E-state index in [0.29, 0.717) is 17.5 Å². The molecule has 4 aromatic heterocycles. The Hall–Kier alpha value is -6.89. The van der Waals surface area contributed by atoms with Crippen LogP contribution in [0.3, 0.4) is 0 Å². The standard InChI is InChI=1S/C52H38N4OS/c1-3-4-6-14-32(2)56-43-20-11-9-17-37(43)38-26-23-35(30-44(38)56)34-25-28-45-42(29-34)49-41(19-13-21-46(49)57-45)52-54-50(33-15-7-5-8-16-33)53-51(55-52)36-24-27-40-39-18-10-12-22-47(39)58-48(40)31-36/h3-9,11,13-17,19-21,23-31H,2,10,12,18,22H2,1H3/b4-3-,14-6-. The number of aromatic nitrogens is 4. The van der Waals surface area contributed by atoms with E-state index < -0.39 is 0 Å². The molecule has 10 aromatic rings. The maximum absolute atomic E-state index is 6.53.